The predicted octanol–water partition coefficient (Wildman–Crippen LogP) is 3.26. The smallest absolute Gasteiger partial charge is 0.238 e. The standard InChI is InChI=1S/C13H11N3O2S3/c14-21(17,18)10-5-3-9(4-6-10)15-13-16-11(8-20-13)12-2-1-7-19-12/h1-8H,(H,15,16)(H2,14,17,18). The van der Waals surface area contributed by atoms with Crippen LogP contribution in [0.25, 0.3) is 10.6 Å². The third-order valence-corrected chi connectivity index (χ3v) is 5.29. The molecule has 5 nitrogen and oxygen atoms in total. The molecule has 0 amide bonds. The van der Waals surface area contributed by atoms with Gasteiger partial charge in [0.05, 0.1) is 15.5 Å². The number of nitrogens with two attached hydrogens (primary N) is 1. The summed E-state index contributed by atoms with van der Waals surface area (Å²) in [7, 11) is -3.66. The first-order valence-corrected chi connectivity index (χ1v) is 9.22. The molecule has 21 heavy (non-hydrogen) atoms. The number of rotatable bonds is 4. The highest BCUT2D eigenvalue weighted by molar-refractivity contribution is 7.89. The molecule has 0 fully saturated rings. The van der Waals surface area contributed by atoms with Crippen LogP contribution in [0.3, 0.4) is 0 Å². The second-order valence-corrected chi connectivity index (χ2v) is 7.58. The predicted molar refractivity (Wildman–Crippen MR) is 86.5 cm³/mol. The van der Waals surface area contributed by atoms with Crippen LogP contribution >= 0.6 is 22.7 Å². The quantitative estimate of drug-likeness (QED) is 0.765. The largest absolute Gasteiger partial charge is 0.332 e. The van der Waals surface area contributed by atoms with E-state index in [0.717, 1.165) is 21.4 Å². The zero-order valence-corrected chi connectivity index (χ0v) is 13.1. The van der Waals surface area contributed by atoms with E-state index in [1.165, 1.54) is 23.5 Å². The van der Waals surface area contributed by atoms with Crippen molar-refractivity contribution in [1.29, 1.82) is 0 Å². The molecule has 0 aliphatic heterocycles. The van der Waals surface area contributed by atoms with Crippen molar-refractivity contribution >= 4 is 43.5 Å². The van der Waals surface area contributed by atoms with Crippen molar-refractivity contribution < 1.29 is 8.42 Å². The van der Waals surface area contributed by atoms with Gasteiger partial charge in [0.15, 0.2) is 5.13 Å². The average Bonchev–Trinajstić information content (AvgIpc) is 3.08. The SMILES string of the molecule is NS(=O)(=O)c1ccc(Nc2nc(-c3cccs3)cs2)cc1. The Labute approximate surface area is 130 Å². The Bertz CT molecular complexity index is 837. The highest BCUT2D eigenvalue weighted by Gasteiger charge is 2.08. The zero-order valence-electron chi connectivity index (χ0n) is 10.7. The van der Waals surface area contributed by atoms with Crippen LogP contribution in [-0.4, -0.2) is 13.4 Å². The van der Waals surface area contributed by atoms with Crippen molar-refractivity contribution in [2.45, 2.75) is 4.90 Å². The second-order valence-electron chi connectivity index (χ2n) is 4.21. The van der Waals surface area contributed by atoms with E-state index in [1.54, 1.807) is 23.5 Å². The molecule has 0 bridgehead atoms. The summed E-state index contributed by atoms with van der Waals surface area (Å²) >= 11 is 3.13. The molecular formula is C13H11N3O2S3. The number of hydrogen-bond acceptors (Lipinski definition) is 6. The summed E-state index contributed by atoms with van der Waals surface area (Å²) in [6.45, 7) is 0. The van der Waals surface area contributed by atoms with Gasteiger partial charge in [-0.1, -0.05) is 6.07 Å². The molecule has 0 aliphatic carbocycles. The van der Waals surface area contributed by atoms with Crippen LogP contribution in [0.2, 0.25) is 0 Å². The number of nitrogens with one attached hydrogen (secondary N) is 1. The van der Waals surface area contributed by atoms with Gasteiger partial charge in [0.25, 0.3) is 0 Å². The summed E-state index contributed by atoms with van der Waals surface area (Å²) < 4.78 is 22.4. The molecule has 3 aromatic rings. The Balaban J connectivity index is 1.78. The fourth-order valence-electron chi connectivity index (χ4n) is 1.72. The number of benzene rings is 1. The van der Waals surface area contributed by atoms with Gasteiger partial charge in [0, 0.05) is 11.1 Å². The van der Waals surface area contributed by atoms with Crippen LogP contribution in [0, 0.1) is 0 Å². The number of thiophene rings is 1. The third kappa shape index (κ3) is 3.30. The molecule has 0 atom stereocenters. The van der Waals surface area contributed by atoms with Crippen LogP contribution in [0.5, 0.6) is 0 Å². The van der Waals surface area contributed by atoms with Crippen LogP contribution in [-0.2, 0) is 10.0 Å². The van der Waals surface area contributed by atoms with Crippen LogP contribution < -0.4 is 10.5 Å². The summed E-state index contributed by atoms with van der Waals surface area (Å²) in [4.78, 5) is 5.70. The van der Waals surface area contributed by atoms with Crippen molar-refractivity contribution in [3.63, 3.8) is 0 Å². The normalized spacial score (nSPS) is 11.5. The van der Waals surface area contributed by atoms with E-state index in [-0.39, 0.29) is 4.90 Å². The van der Waals surface area contributed by atoms with Gasteiger partial charge in [-0.15, -0.1) is 22.7 Å². The van der Waals surface area contributed by atoms with Gasteiger partial charge in [-0.05, 0) is 35.7 Å². The molecule has 0 radical (unpaired) electrons. The number of primary sulfonamides is 1. The van der Waals surface area contributed by atoms with E-state index in [4.69, 9.17) is 5.14 Å². The zero-order chi connectivity index (χ0) is 14.9. The lowest BCUT2D eigenvalue weighted by atomic mass is 10.3. The number of thiazole rings is 1. The van der Waals surface area contributed by atoms with Crippen molar-refractivity contribution in [2.24, 2.45) is 5.14 Å². The fourth-order valence-corrected chi connectivity index (χ4v) is 3.73. The fraction of sp³-hybridized carbons (Fsp3) is 0. The van der Waals surface area contributed by atoms with Crippen LogP contribution in [0.4, 0.5) is 10.8 Å². The molecular weight excluding hydrogens is 326 g/mol. The van der Waals surface area contributed by atoms with Crippen LogP contribution in [0.1, 0.15) is 0 Å². The molecule has 8 heteroatoms. The maximum absolute atomic E-state index is 11.2. The summed E-state index contributed by atoms with van der Waals surface area (Å²) in [6, 6.07) is 10.2. The van der Waals surface area contributed by atoms with Gasteiger partial charge in [-0.3, -0.25) is 0 Å². The van der Waals surface area contributed by atoms with E-state index < -0.39 is 10.0 Å². The van der Waals surface area contributed by atoms with Crippen LogP contribution in [0.15, 0.2) is 52.1 Å². The van der Waals surface area contributed by atoms with E-state index in [0.29, 0.717) is 0 Å². The Kier molecular flexibility index (Phi) is 3.77. The second kappa shape index (κ2) is 5.57. The van der Waals surface area contributed by atoms with Crippen molar-refractivity contribution in [3.05, 3.63) is 47.2 Å². The Morgan fingerprint density at radius 1 is 1.10 bits per heavy atom. The first-order chi connectivity index (χ1) is 10.0. The molecule has 3 N–H and O–H groups in total. The van der Waals surface area contributed by atoms with Gasteiger partial charge in [-0.2, -0.15) is 0 Å². The number of anilines is 2. The van der Waals surface area contributed by atoms with E-state index in [2.05, 4.69) is 10.3 Å². The minimum atomic E-state index is -3.66. The number of nitrogens with zero attached hydrogens (tertiary/aromatic N) is 1. The van der Waals surface area contributed by atoms with Gasteiger partial charge >= 0.3 is 0 Å². The Hall–Kier alpha value is -1.74. The summed E-state index contributed by atoms with van der Waals surface area (Å²) in [5.41, 5.74) is 1.69. The molecule has 0 saturated heterocycles. The van der Waals surface area contributed by atoms with Gasteiger partial charge < -0.3 is 5.32 Å². The first kappa shape index (κ1) is 14.2. The molecule has 0 aliphatic rings. The van der Waals surface area contributed by atoms with Gasteiger partial charge in [0.1, 0.15) is 0 Å². The molecule has 1 aromatic carbocycles. The van der Waals surface area contributed by atoms with Crippen molar-refractivity contribution in [3.8, 4) is 10.6 Å². The maximum atomic E-state index is 11.2. The number of sulfonamides is 1. The lowest BCUT2D eigenvalue weighted by Gasteiger charge is -2.03. The van der Waals surface area contributed by atoms with Gasteiger partial charge in [-0.25, -0.2) is 18.5 Å². The minimum Gasteiger partial charge on any atom is -0.332 e. The monoisotopic (exact) mass is 337 g/mol. The molecule has 108 valence electrons. The lowest BCUT2D eigenvalue weighted by molar-refractivity contribution is 0.598. The molecule has 0 unspecified atom stereocenters. The Morgan fingerprint density at radius 2 is 1.86 bits per heavy atom. The maximum Gasteiger partial charge on any atom is 0.238 e. The lowest BCUT2D eigenvalue weighted by Crippen LogP contribution is -2.11. The van der Waals surface area contributed by atoms with E-state index in [1.807, 2.05) is 22.9 Å². The number of aromatic nitrogens is 1. The topological polar surface area (TPSA) is 85.1 Å². The van der Waals surface area contributed by atoms with E-state index >= 15 is 0 Å². The molecule has 0 spiro atoms. The first-order valence-electron chi connectivity index (χ1n) is 5.92. The highest BCUT2D eigenvalue weighted by Crippen LogP contribution is 2.29. The van der Waals surface area contributed by atoms with Crippen molar-refractivity contribution in [2.75, 3.05) is 5.32 Å². The molecule has 2 heterocycles. The number of hydrogen-bond donors (Lipinski definition) is 2. The summed E-state index contributed by atoms with van der Waals surface area (Å²) in [5, 5.41) is 12.9. The molecule has 0 saturated carbocycles. The average molecular weight is 337 g/mol. The molecule has 3 rings (SSSR count). The third-order valence-electron chi connectivity index (χ3n) is 2.71. The van der Waals surface area contributed by atoms with E-state index in [9.17, 15) is 8.42 Å². The minimum absolute atomic E-state index is 0.0893. The summed E-state index contributed by atoms with van der Waals surface area (Å²) in [6.07, 6.45) is 0. The Morgan fingerprint density at radius 3 is 2.48 bits per heavy atom. The summed E-state index contributed by atoms with van der Waals surface area (Å²) in [5.74, 6) is 0. The van der Waals surface area contributed by atoms with Gasteiger partial charge in [0.2, 0.25) is 10.0 Å². The molecule has 2 aromatic heterocycles. The highest BCUT2D eigenvalue weighted by atomic mass is 32.2. The van der Waals surface area contributed by atoms with Crippen molar-refractivity contribution in [1.82, 2.24) is 4.98 Å².